The Labute approximate surface area is 175 Å². The van der Waals surface area contributed by atoms with Crippen molar-refractivity contribution in [2.24, 2.45) is 0 Å². The van der Waals surface area contributed by atoms with Gasteiger partial charge in [-0.3, -0.25) is 9.89 Å². The van der Waals surface area contributed by atoms with Gasteiger partial charge in [-0.05, 0) is 38.7 Å². The van der Waals surface area contributed by atoms with Gasteiger partial charge in [-0.1, -0.05) is 30.3 Å². The van der Waals surface area contributed by atoms with Crippen molar-refractivity contribution in [1.82, 2.24) is 25.1 Å². The van der Waals surface area contributed by atoms with Gasteiger partial charge in [-0.15, -0.1) is 0 Å². The van der Waals surface area contributed by atoms with Crippen molar-refractivity contribution in [3.05, 3.63) is 64.7 Å². The van der Waals surface area contributed by atoms with Crippen LogP contribution in [0.15, 0.2) is 36.5 Å². The third-order valence-electron chi connectivity index (χ3n) is 6.28. The largest absolute Gasteiger partial charge is 0.368 e. The lowest BCUT2D eigenvalue weighted by atomic mass is 9.83. The summed E-state index contributed by atoms with van der Waals surface area (Å²) in [6.07, 6.45) is 4.23. The van der Waals surface area contributed by atoms with E-state index in [9.17, 15) is 4.79 Å². The predicted molar refractivity (Wildman–Crippen MR) is 112 cm³/mol. The van der Waals surface area contributed by atoms with Crippen molar-refractivity contribution in [1.29, 1.82) is 0 Å². The number of nitrogens with zero attached hydrogens (tertiary/aromatic N) is 4. The number of fused-ring (bicyclic) bond motifs is 2. The van der Waals surface area contributed by atoms with Crippen LogP contribution < -0.4 is 0 Å². The number of rotatable bonds is 2. The van der Waals surface area contributed by atoms with E-state index in [-0.39, 0.29) is 5.91 Å². The molecule has 3 aromatic rings. The summed E-state index contributed by atoms with van der Waals surface area (Å²) in [5, 5.41) is 7.08. The topological polar surface area (TPSA) is 84.0 Å². The molecule has 2 aliphatic heterocycles. The number of aromatic nitrogens is 4. The second kappa shape index (κ2) is 7.32. The van der Waals surface area contributed by atoms with Crippen molar-refractivity contribution < 1.29 is 9.53 Å². The van der Waals surface area contributed by atoms with Crippen LogP contribution in [0.2, 0.25) is 0 Å². The smallest absolute Gasteiger partial charge is 0.257 e. The van der Waals surface area contributed by atoms with Crippen LogP contribution in [0.4, 0.5) is 0 Å². The Morgan fingerprint density at radius 1 is 1.17 bits per heavy atom. The summed E-state index contributed by atoms with van der Waals surface area (Å²) in [5.74, 6) is 0.764. The molecular weight excluding hydrogens is 378 g/mol. The molecular formula is C23H25N5O2. The first kappa shape index (κ1) is 18.9. The first-order valence-corrected chi connectivity index (χ1v) is 10.4. The van der Waals surface area contributed by atoms with Crippen LogP contribution in [0, 0.1) is 13.8 Å². The number of H-pyrrole nitrogens is 1. The summed E-state index contributed by atoms with van der Waals surface area (Å²) in [4.78, 5) is 24.5. The molecule has 4 heterocycles. The van der Waals surface area contributed by atoms with Gasteiger partial charge < -0.3 is 9.64 Å². The molecule has 1 N–H and O–H groups in total. The molecule has 30 heavy (non-hydrogen) atoms. The van der Waals surface area contributed by atoms with Crippen molar-refractivity contribution in [3.8, 4) is 11.4 Å². The van der Waals surface area contributed by atoms with Gasteiger partial charge in [-0.25, -0.2) is 9.97 Å². The van der Waals surface area contributed by atoms with E-state index in [2.05, 4.69) is 15.2 Å². The zero-order valence-corrected chi connectivity index (χ0v) is 17.3. The van der Waals surface area contributed by atoms with Crippen molar-refractivity contribution in [3.63, 3.8) is 0 Å². The van der Waals surface area contributed by atoms with E-state index in [0.29, 0.717) is 25.3 Å². The van der Waals surface area contributed by atoms with Gasteiger partial charge in [0.2, 0.25) is 0 Å². The lowest BCUT2D eigenvalue weighted by Gasteiger charge is -2.44. The molecule has 1 spiro atoms. The summed E-state index contributed by atoms with van der Waals surface area (Å²) >= 11 is 0. The second-order valence-electron chi connectivity index (χ2n) is 8.13. The highest BCUT2D eigenvalue weighted by molar-refractivity contribution is 5.96. The molecule has 2 aliphatic rings. The molecule has 5 rings (SSSR count). The molecule has 0 aliphatic carbocycles. The Bertz CT molecular complexity index is 1060. The zero-order valence-electron chi connectivity index (χ0n) is 17.3. The number of aryl methyl sites for hydroxylation is 2. The number of hydrogen-bond donors (Lipinski definition) is 1. The minimum absolute atomic E-state index is 0.0392. The van der Waals surface area contributed by atoms with Gasteiger partial charge in [-0.2, -0.15) is 5.10 Å². The Kier molecular flexibility index (Phi) is 4.62. The number of benzene rings is 1. The molecule has 0 saturated carbocycles. The monoisotopic (exact) mass is 403 g/mol. The number of carbonyl (C=O) groups excluding carboxylic acids is 1. The van der Waals surface area contributed by atoms with E-state index in [1.807, 2.05) is 55.3 Å². The molecule has 0 bridgehead atoms. The Morgan fingerprint density at radius 2 is 1.93 bits per heavy atom. The fraction of sp³-hybridized carbons (Fsp3) is 0.391. The maximum absolute atomic E-state index is 13.1. The molecule has 154 valence electrons. The van der Waals surface area contributed by atoms with Crippen molar-refractivity contribution in [2.45, 2.75) is 38.7 Å². The Balaban J connectivity index is 1.42. The number of likely N-dealkylation sites (tertiary alicyclic amines) is 1. The number of aromatic amines is 1. The van der Waals surface area contributed by atoms with E-state index >= 15 is 0 Å². The van der Waals surface area contributed by atoms with Crippen LogP contribution in [-0.2, 0) is 16.8 Å². The third-order valence-corrected chi connectivity index (χ3v) is 6.28. The van der Waals surface area contributed by atoms with E-state index in [1.165, 1.54) is 0 Å². The van der Waals surface area contributed by atoms with E-state index < -0.39 is 5.60 Å². The van der Waals surface area contributed by atoms with Gasteiger partial charge >= 0.3 is 0 Å². The maximum Gasteiger partial charge on any atom is 0.257 e. The first-order valence-electron chi connectivity index (χ1n) is 10.4. The first-order chi connectivity index (χ1) is 14.6. The fourth-order valence-electron chi connectivity index (χ4n) is 4.61. The summed E-state index contributed by atoms with van der Waals surface area (Å²) < 4.78 is 6.34. The Morgan fingerprint density at radius 3 is 2.63 bits per heavy atom. The minimum atomic E-state index is -0.447. The molecule has 1 amide bonds. The van der Waals surface area contributed by atoms with Gasteiger partial charge in [0.1, 0.15) is 5.60 Å². The number of amides is 1. The van der Waals surface area contributed by atoms with Crippen LogP contribution >= 0.6 is 0 Å². The minimum Gasteiger partial charge on any atom is -0.368 e. The van der Waals surface area contributed by atoms with Crippen LogP contribution in [0.5, 0.6) is 0 Å². The highest BCUT2D eigenvalue weighted by atomic mass is 16.5. The molecule has 0 radical (unpaired) electrons. The van der Waals surface area contributed by atoms with Crippen LogP contribution in [0.25, 0.3) is 11.4 Å². The standard InChI is InChI=1S/C23H25N5O2/c1-15-19(16(2)27-26-15)22(29)28-11-9-23(10-12-28)20-18(8-13-30-23)14-24-21(25-20)17-6-4-3-5-7-17/h3-7,14H,8-13H2,1-2H3,(H,26,27). The molecule has 1 saturated heterocycles. The molecule has 7 nitrogen and oxygen atoms in total. The van der Waals surface area contributed by atoms with Crippen LogP contribution in [0.3, 0.4) is 0 Å². The number of carbonyl (C=O) groups is 1. The zero-order chi connectivity index (χ0) is 20.7. The fourth-order valence-corrected chi connectivity index (χ4v) is 4.61. The molecule has 1 aromatic carbocycles. The maximum atomic E-state index is 13.1. The van der Waals surface area contributed by atoms with Gasteiger partial charge in [0.15, 0.2) is 5.82 Å². The number of ether oxygens (including phenoxy) is 1. The molecule has 7 heteroatoms. The van der Waals surface area contributed by atoms with Gasteiger partial charge in [0.05, 0.1) is 23.6 Å². The predicted octanol–water partition coefficient (Wildman–Crippen LogP) is 3.19. The molecule has 1 fully saturated rings. The Hall–Kier alpha value is -3.06. The lowest BCUT2D eigenvalue weighted by Crippen LogP contribution is -2.49. The third kappa shape index (κ3) is 3.10. The van der Waals surface area contributed by atoms with E-state index in [0.717, 1.165) is 53.3 Å². The number of hydrogen-bond acceptors (Lipinski definition) is 5. The lowest BCUT2D eigenvalue weighted by molar-refractivity contribution is -0.0967. The summed E-state index contributed by atoms with van der Waals surface area (Å²) in [6, 6.07) is 10.0. The van der Waals surface area contributed by atoms with E-state index in [1.54, 1.807) is 0 Å². The average Bonchev–Trinajstić information content (AvgIpc) is 3.12. The summed E-state index contributed by atoms with van der Waals surface area (Å²) in [6.45, 7) is 5.68. The van der Waals surface area contributed by atoms with Gasteiger partial charge in [0, 0.05) is 30.5 Å². The highest BCUT2D eigenvalue weighted by Crippen LogP contribution is 2.41. The summed E-state index contributed by atoms with van der Waals surface area (Å²) in [7, 11) is 0. The summed E-state index contributed by atoms with van der Waals surface area (Å²) in [5.41, 5.74) is 4.95. The van der Waals surface area contributed by atoms with Crippen molar-refractivity contribution >= 4 is 5.91 Å². The van der Waals surface area contributed by atoms with E-state index in [4.69, 9.17) is 9.72 Å². The quantitative estimate of drug-likeness (QED) is 0.710. The van der Waals surface area contributed by atoms with Crippen LogP contribution in [-0.4, -0.2) is 50.7 Å². The van der Waals surface area contributed by atoms with Crippen molar-refractivity contribution in [2.75, 3.05) is 19.7 Å². The highest BCUT2D eigenvalue weighted by Gasteiger charge is 2.43. The molecule has 0 atom stereocenters. The molecule has 2 aromatic heterocycles. The molecule has 0 unspecified atom stereocenters. The normalized spacial score (nSPS) is 17.7. The SMILES string of the molecule is Cc1n[nH]c(C)c1C(=O)N1CCC2(CC1)OCCc1cnc(-c3ccccc3)nc12. The van der Waals surface area contributed by atoms with Gasteiger partial charge in [0.25, 0.3) is 5.91 Å². The number of piperidine rings is 1. The number of nitrogens with one attached hydrogen (secondary N) is 1. The average molecular weight is 403 g/mol. The van der Waals surface area contributed by atoms with Crippen LogP contribution in [0.1, 0.15) is 45.8 Å². The second-order valence-corrected chi connectivity index (χ2v) is 8.13.